The van der Waals surface area contributed by atoms with E-state index in [0.29, 0.717) is 11.6 Å². The molecule has 0 unspecified atom stereocenters. The lowest BCUT2D eigenvalue weighted by Gasteiger charge is -2.33. The molecule has 0 aliphatic carbocycles. The minimum absolute atomic E-state index is 0.163. The van der Waals surface area contributed by atoms with Gasteiger partial charge in [-0.2, -0.15) is 0 Å². The van der Waals surface area contributed by atoms with Gasteiger partial charge in [-0.1, -0.05) is 83.6 Å². The molecule has 1 aliphatic rings. The second kappa shape index (κ2) is 11.1. The van der Waals surface area contributed by atoms with Gasteiger partial charge in [-0.05, 0) is 18.1 Å². The summed E-state index contributed by atoms with van der Waals surface area (Å²) in [6, 6.07) is 18.5. The predicted molar refractivity (Wildman–Crippen MR) is 129 cm³/mol. The molecular formula is C25H29N5OS. The highest BCUT2D eigenvalue weighted by atomic mass is 32.1. The number of carbonyl (C=O) groups excluding carboxylic acids is 1. The first-order valence-electron chi connectivity index (χ1n) is 11.0. The number of rotatable bonds is 8. The van der Waals surface area contributed by atoms with E-state index < -0.39 is 0 Å². The van der Waals surface area contributed by atoms with Crippen molar-refractivity contribution in [3.8, 4) is 0 Å². The molecule has 0 spiro atoms. The normalized spacial score (nSPS) is 15.3. The summed E-state index contributed by atoms with van der Waals surface area (Å²) in [7, 11) is 0. The van der Waals surface area contributed by atoms with Crippen molar-refractivity contribution in [2.24, 2.45) is 0 Å². The number of amides is 1. The lowest BCUT2D eigenvalue weighted by atomic mass is 10.1. The van der Waals surface area contributed by atoms with Crippen molar-refractivity contribution in [1.82, 2.24) is 25.3 Å². The van der Waals surface area contributed by atoms with Gasteiger partial charge in [0.15, 0.2) is 0 Å². The molecule has 32 heavy (non-hydrogen) atoms. The number of hydrogen-bond donors (Lipinski definition) is 1. The standard InChI is InChI=1S/C25H29N5OS/c1-20-9-11-22(12-10-20)18-26-24(31)25-28-27-23(32-25)19-30-16-14-29(15-17-30)13-5-8-21-6-3-2-4-7-21/h2-12H,13-19H2,1H3,(H,26,31)/b8-5+. The minimum atomic E-state index is -0.163. The maximum atomic E-state index is 12.4. The zero-order chi connectivity index (χ0) is 22.2. The molecule has 3 aromatic rings. The fraction of sp³-hybridized carbons (Fsp3) is 0.320. The molecule has 0 bridgehead atoms. The molecule has 1 aromatic heterocycles. The molecule has 1 N–H and O–H groups in total. The predicted octanol–water partition coefficient (Wildman–Crippen LogP) is 3.61. The molecular weight excluding hydrogens is 418 g/mol. The number of hydrogen-bond acceptors (Lipinski definition) is 6. The van der Waals surface area contributed by atoms with Gasteiger partial charge in [0.05, 0.1) is 6.54 Å². The van der Waals surface area contributed by atoms with Gasteiger partial charge in [0.1, 0.15) is 5.01 Å². The van der Waals surface area contributed by atoms with Crippen LogP contribution in [0.2, 0.25) is 0 Å². The molecule has 6 nitrogen and oxygen atoms in total. The van der Waals surface area contributed by atoms with Crippen LogP contribution >= 0.6 is 11.3 Å². The van der Waals surface area contributed by atoms with Crippen LogP contribution in [-0.4, -0.2) is 58.6 Å². The van der Waals surface area contributed by atoms with E-state index in [-0.39, 0.29) is 5.91 Å². The summed E-state index contributed by atoms with van der Waals surface area (Å²) in [6.45, 7) is 8.30. The van der Waals surface area contributed by atoms with Gasteiger partial charge in [-0.25, -0.2) is 0 Å². The number of benzene rings is 2. The van der Waals surface area contributed by atoms with Crippen LogP contribution in [0.25, 0.3) is 6.08 Å². The Hall–Kier alpha value is -2.87. The summed E-state index contributed by atoms with van der Waals surface area (Å²) in [5.74, 6) is -0.163. The Morgan fingerprint density at radius 2 is 1.72 bits per heavy atom. The third-order valence-corrected chi connectivity index (χ3v) is 6.44. The topological polar surface area (TPSA) is 61.4 Å². The van der Waals surface area contributed by atoms with Crippen molar-refractivity contribution in [1.29, 1.82) is 0 Å². The zero-order valence-corrected chi connectivity index (χ0v) is 19.2. The van der Waals surface area contributed by atoms with Crippen LogP contribution in [0, 0.1) is 6.92 Å². The lowest BCUT2D eigenvalue weighted by Crippen LogP contribution is -2.45. The SMILES string of the molecule is Cc1ccc(CNC(=O)c2nnc(CN3CCN(C/C=C/c4ccccc4)CC3)s2)cc1. The Labute approximate surface area is 193 Å². The Morgan fingerprint density at radius 1 is 1.00 bits per heavy atom. The molecule has 1 amide bonds. The van der Waals surface area contributed by atoms with Crippen LogP contribution < -0.4 is 5.32 Å². The average Bonchev–Trinajstić information content (AvgIpc) is 3.29. The van der Waals surface area contributed by atoms with Crippen LogP contribution in [0.1, 0.15) is 31.5 Å². The number of carbonyl (C=O) groups is 1. The van der Waals surface area contributed by atoms with Crippen LogP contribution in [0.5, 0.6) is 0 Å². The minimum Gasteiger partial charge on any atom is -0.346 e. The van der Waals surface area contributed by atoms with Gasteiger partial charge in [0.25, 0.3) is 5.91 Å². The maximum absolute atomic E-state index is 12.4. The highest BCUT2D eigenvalue weighted by molar-refractivity contribution is 7.13. The Bertz CT molecular complexity index is 1020. The van der Waals surface area contributed by atoms with Gasteiger partial charge in [-0.3, -0.25) is 14.6 Å². The van der Waals surface area contributed by atoms with Crippen molar-refractivity contribution >= 4 is 23.3 Å². The third kappa shape index (κ3) is 6.56. The van der Waals surface area contributed by atoms with E-state index in [1.165, 1.54) is 22.5 Å². The molecule has 0 saturated carbocycles. The molecule has 0 radical (unpaired) electrons. The molecule has 1 aliphatic heterocycles. The Morgan fingerprint density at radius 3 is 2.47 bits per heavy atom. The second-order valence-corrected chi connectivity index (χ2v) is 9.12. The molecule has 2 aromatic carbocycles. The Kier molecular flexibility index (Phi) is 7.77. The van der Waals surface area contributed by atoms with E-state index in [1.807, 2.05) is 37.3 Å². The second-order valence-electron chi connectivity index (χ2n) is 8.06. The summed E-state index contributed by atoms with van der Waals surface area (Å²) in [4.78, 5) is 17.2. The molecule has 1 fully saturated rings. The summed E-state index contributed by atoms with van der Waals surface area (Å²) < 4.78 is 0. The third-order valence-electron chi connectivity index (χ3n) is 5.53. The number of nitrogens with zero attached hydrogens (tertiary/aromatic N) is 4. The maximum Gasteiger partial charge on any atom is 0.282 e. The summed E-state index contributed by atoms with van der Waals surface area (Å²) in [6.07, 6.45) is 4.41. The monoisotopic (exact) mass is 447 g/mol. The lowest BCUT2D eigenvalue weighted by molar-refractivity contribution is 0.0950. The Balaban J connectivity index is 1.19. The number of aromatic nitrogens is 2. The first-order valence-corrected chi connectivity index (χ1v) is 11.8. The highest BCUT2D eigenvalue weighted by Gasteiger charge is 2.19. The van der Waals surface area contributed by atoms with Crippen molar-refractivity contribution < 1.29 is 4.79 Å². The molecule has 2 heterocycles. The molecule has 0 atom stereocenters. The van der Waals surface area contributed by atoms with E-state index >= 15 is 0 Å². The van der Waals surface area contributed by atoms with E-state index in [0.717, 1.165) is 49.8 Å². The zero-order valence-electron chi connectivity index (χ0n) is 18.4. The van der Waals surface area contributed by atoms with E-state index in [4.69, 9.17) is 0 Å². The summed E-state index contributed by atoms with van der Waals surface area (Å²) in [5, 5.41) is 12.6. The first-order chi connectivity index (χ1) is 15.7. The number of piperazine rings is 1. The highest BCUT2D eigenvalue weighted by Crippen LogP contribution is 2.14. The first kappa shape index (κ1) is 22.3. The van der Waals surface area contributed by atoms with Gasteiger partial charge in [-0.15, -0.1) is 10.2 Å². The quantitative estimate of drug-likeness (QED) is 0.572. The van der Waals surface area contributed by atoms with Crippen LogP contribution in [0.3, 0.4) is 0 Å². The smallest absolute Gasteiger partial charge is 0.282 e. The largest absolute Gasteiger partial charge is 0.346 e. The molecule has 1 saturated heterocycles. The van der Waals surface area contributed by atoms with Crippen LogP contribution in [0.4, 0.5) is 0 Å². The molecule has 7 heteroatoms. The van der Waals surface area contributed by atoms with E-state index in [1.54, 1.807) is 0 Å². The van der Waals surface area contributed by atoms with Crippen LogP contribution in [0.15, 0.2) is 60.7 Å². The fourth-order valence-corrected chi connectivity index (χ4v) is 4.39. The van der Waals surface area contributed by atoms with Gasteiger partial charge in [0, 0.05) is 39.3 Å². The molecule has 166 valence electrons. The average molecular weight is 448 g/mol. The van der Waals surface area contributed by atoms with E-state index in [9.17, 15) is 4.79 Å². The fourth-order valence-electron chi connectivity index (χ4n) is 3.60. The number of aryl methyl sites for hydroxylation is 1. The number of nitrogens with one attached hydrogen (secondary N) is 1. The summed E-state index contributed by atoms with van der Waals surface area (Å²) in [5.41, 5.74) is 3.52. The van der Waals surface area contributed by atoms with Gasteiger partial charge in [0.2, 0.25) is 5.01 Å². The van der Waals surface area contributed by atoms with Crippen molar-refractivity contribution in [3.63, 3.8) is 0 Å². The summed E-state index contributed by atoms with van der Waals surface area (Å²) >= 11 is 1.38. The molecule has 4 rings (SSSR count). The van der Waals surface area contributed by atoms with Gasteiger partial charge >= 0.3 is 0 Å². The van der Waals surface area contributed by atoms with Crippen molar-refractivity contribution in [2.45, 2.75) is 20.0 Å². The van der Waals surface area contributed by atoms with E-state index in [2.05, 4.69) is 61.7 Å². The van der Waals surface area contributed by atoms with Gasteiger partial charge < -0.3 is 5.32 Å². The van der Waals surface area contributed by atoms with Crippen molar-refractivity contribution in [3.05, 3.63) is 87.4 Å². The van der Waals surface area contributed by atoms with Crippen molar-refractivity contribution in [2.75, 3.05) is 32.7 Å². The van der Waals surface area contributed by atoms with Crippen LogP contribution in [-0.2, 0) is 13.1 Å².